The number of benzene rings is 1. The highest BCUT2D eigenvalue weighted by Gasteiger charge is 2.40. The summed E-state index contributed by atoms with van der Waals surface area (Å²) in [6, 6.07) is 5.19. The Balaban J connectivity index is 1.43. The smallest absolute Gasteiger partial charge is 0.245 e. The lowest BCUT2D eigenvalue weighted by molar-refractivity contribution is -0.144. The number of piperidine rings is 1. The van der Waals surface area contributed by atoms with Crippen LogP contribution in [0.15, 0.2) is 18.2 Å². The van der Waals surface area contributed by atoms with Crippen molar-refractivity contribution in [3.8, 4) is 11.5 Å². The summed E-state index contributed by atoms with van der Waals surface area (Å²) < 4.78 is 10.8. The Bertz CT molecular complexity index is 840. The van der Waals surface area contributed by atoms with Crippen molar-refractivity contribution in [2.24, 2.45) is 5.92 Å². The normalized spacial score (nSPS) is 23.2. The predicted molar refractivity (Wildman–Crippen MR) is 109 cm³/mol. The monoisotopic (exact) mass is 415 g/mol. The van der Waals surface area contributed by atoms with Gasteiger partial charge in [-0.15, -0.1) is 0 Å². The largest absolute Gasteiger partial charge is 0.454 e. The number of likely N-dealkylation sites (tertiary alicyclic amines) is 2. The van der Waals surface area contributed by atoms with E-state index in [0.29, 0.717) is 44.0 Å². The molecular weight excluding hydrogens is 386 g/mol. The summed E-state index contributed by atoms with van der Waals surface area (Å²) in [7, 11) is 0. The zero-order valence-electron chi connectivity index (χ0n) is 17.6. The lowest BCUT2D eigenvalue weighted by Crippen LogP contribution is -2.52. The van der Waals surface area contributed by atoms with Crippen molar-refractivity contribution in [2.75, 3.05) is 19.9 Å². The van der Waals surface area contributed by atoms with Crippen molar-refractivity contribution in [2.45, 2.75) is 58.2 Å². The molecule has 3 aliphatic heterocycles. The molecule has 0 aliphatic carbocycles. The molecular formula is C22H29N3O5. The maximum atomic E-state index is 13.3. The Labute approximate surface area is 176 Å². The molecule has 1 aromatic rings. The van der Waals surface area contributed by atoms with Crippen LogP contribution in [-0.2, 0) is 20.9 Å². The van der Waals surface area contributed by atoms with Crippen LogP contribution in [0.5, 0.6) is 11.5 Å². The van der Waals surface area contributed by atoms with Gasteiger partial charge in [-0.3, -0.25) is 14.4 Å². The molecule has 2 unspecified atom stereocenters. The number of nitrogens with zero attached hydrogens (tertiary/aromatic N) is 2. The first-order valence-corrected chi connectivity index (χ1v) is 10.7. The molecule has 8 heteroatoms. The van der Waals surface area contributed by atoms with Crippen LogP contribution in [0.3, 0.4) is 0 Å². The minimum absolute atomic E-state index is 0.00205. The van der Waals surface area contributed by atoms with Crippen LogP contribution in [0, 0.1) is 5.92 Å². The van der Waals surface area contributed by atoms with Crippen LogP contribution in [0.1, 0.15) is 45.1 Å². The quantitative estimate of drug-likeness (QED) is 0.790. The third-order valence-electron chi connectivity index (χ3n) is 5.94. The lowest BCUT2D eigenvalue weighted by Gasteiger charge is -2.36. The van der Waals surface area contributed by atoms with Gasteiger partial charge < -0.3 is 24.6 Å². The van der Waals surface area contributed by atoms with E-state index in [-0.39, 0.29) is 36.5 Å². The van der Waals surface area contributed by atoms with E-state index < -0.39 is 6.04 Å². The van der Waals surface area contributed by atoms with E-state index in [4.69, 9.17) is 9.47 Å². The van der Waals surface area contributed by atoms with Gasteiger partial charge in [0, 0.05) is 32.1 Å². The van der Waals surface area contributed by atoms with Gasteiger partial charge in [0.2, 0.25) is 24.5 Å². The standard InChI is InChI=1S/C22H29N3O5/c1-14(2)23-21(27)16-4-3-9-24(12-16)22(28)17-6-8-20(26)25(17)11-15-5-7-18-19(10-15)30-13-29-18/h5,7,10,14,16-17H,3-4,6,8-9,11-13H2,1-2H3,(H,23,27). The van der Waals surface area contributed by atoms with E-state index in [1.54, 1.807) is 9.80 Å². The van der Waals surface area contributed by atoms with Crippen molar-refractivity contribution in [1.82, 2.24) is 15.1 Å². The van der Waals surface area contributed by atoms with Gasteiger partial charge >= 0.3 is 0 Å². The van der Waals surface area contributed by atoms with Gasteiger partial charge in [-0.2, -0.15) is 0 Å². The average Bonchev–Trinajstić information content (AvgIpc) is 3.34. The maximum Gasteiger partial charge on any atom is 0.245 e. The number of hydrogen-bond acceptors (Lipinski definition) is 5. The second-order valence-corrected chi connectivity index (χ2v) is 8.55. The number of rotatable bonds is 5. The molecule has 2 fully saturated rings. The van der Waals surface area contributed by atoms with Gasteiger partial charge in [-0.25, -0.2) is 0 Å². The van der Waals surface area contributed by atoms with Crippen LogP contribution in [0.25, 0.3) is 0 Å². The Morgan fingerprint density at radius 1 is 1.20 bits per heavy atom. The molecule has 3 aliphatic rings. The Kier molecular flexibility index (Phi) is 5.83. The molecule has 1 N–H and O–H groups in total. The summed E-state index contributed by atoms with van der Waals surface area (Å²) in [6.07, 6.45) is 2.46. The lowest BCUT2D eigenvalue weighted by atomic mass is 9.96. The molecule has 0 radical (unpaired) electrons. The first-order valence-electron chi connectivity index (χ1n) is 10.7. The van der Waals surface area contributed by atoms with E-state index in [1.807, 2.05) is 32.0 Å². The fourth-order valence-electron chi connectivity index (χ4n) is 4.43. The van der Waals surface area contributed by atoms with Gasteiger partial charge in [0.05, 0.1) is 5.92 Å². The summed E-state index contributed by atoms with van der Waals surface area (Å²) in [6.45, 7) is 5.47. The third kappa shape index (κ3) is 4.22. The molecule has 0 aromatic heterocycles. The van der Waals surface area contributed by atoms with Gasteiger partial charge in [0.25, 0.3) is 0 Å². The zero-order chi connectivity index (χ0) is 21.3. The second kappa shape index (κ2) is 8.53. The number of carbonyl (C=O) groups excluding carboxylic acids is 3. The van der Waals surface area contributed by atoms with E-state index >= 15 is 0 Å². The molecule has 1 aromatic carbocycles. The van der Waals surface area contributed by atoms with Crippen molar-refractivity contribution in [3.05, 3.63) is 23.8 Å². The predicted octanol–water partition coefficient (Wildman–Crippen LogP) is 1.67. The molecule has 3 heterocycles. The molecule has 2 saturated heterocycles. The first kappa shape index (κ1) is 20.5. The topological polar surface area (TPSA) is 88.2 Å². The molecule has 2 atom stereocenters. The number of carbonyl (C=O) groups is 3. The third-order valence-corrected chi connectivity index (χ3v) is 5.94. The minimum Gasteiger partial charge on any atom is -0.454 e. The van der Waals surface area contributed by atoms with E-state index in [0.717, 1.165) is 18.4 Å². The Hall–Kier alpha value is -2.77. The molecule has 30 heavy (non-hydrogen) atoms. The zero-order valence-corrected chi connectivity index (χ0v) is 17.6. The van der Waals surface area contributed by atoms with E-state index in [2.05, 4.69) is 5.32 Å². The number of ether oxygens (including phenoxy) is 2. The van der Waals surface area contributed by atoms with Crippen LogP contribution >= 0.6 is 0 Å². The number of nitrogens with one attached hydrogen (secondary N) is 1. The first-order chi connectivity index (χ1) is 14.4. The molecule has 0 spiro atoms. The average molecular weight is 415 g/mol. The molecule has 8 nitrogen and oxygen atoms in total. The van der Waals surface area contributed by atoms with Crippen molar-refractivity contribution >= 4 is 17.7 Å². The van der Waals surface area contributed by atoms with Crippen LogP contribution < -0.4 is 14.8 Å². The second-order valence-electron chi connectivity index (χ2n) is 8.55. The molecule has 0 bridgehead atoms. The van der Waals surface area contributed by atoms with Crippen LogP contribution in [0.4, 0.5) is 0 Å². The summed E-state index contributed by atoms with van der Waals surface area (Å²) in [5, 5.41) is 2.95. The van der Waals surface area contributed by atoms with E-state index in [9.17, 15) is 14.4 Å². The fraction of sp³-hybridized carbons (Fsp3) is 0.591. The number of fused-ring (bicyclic) bond motifs is 1. The SMILES string of the molecule is CC(C)NC(=O)C1CCCN(C(=O)C2CCC(=O)N2Cc2ccc3c(c2)OCO3)C1. The highest BCUT2D eigenvalue weighted by atomic mass is 16.7. The van der Waals surface area contributed by atoms with Gasteiger partial charge in [-0.1, -0.05) is 6.07 Å². The van der Waals surface area contributed by atoms with Crippen LogP contribution in [-0.4, -0.2) is 59.5 Å². The minimum atomic E-state index is -0.477. The molecule has 162 valence electrons. The fourth-order valence-corrected chi connectivity index (χ4v) is 4.43. The van der Waals surface area contributed by atoms with Crippen molar-refractivity contribution in [3.63, 3.8) is 0 Å². The molecule has 0 saturated carbocycles. The van der Waals surface area contributed by atoms with Crippen molar-refractivity contribution in [1.29, 1.82) is 0 Å². The molecule has 4 rings (SSSR count). The molecule has 3 amide bonds. The van der Waals surface area contributed by atoms with Crippen LogP contribution in [0.2, 0.25) is 0 Å². The summed E-state index contributed by atoms with van der Waals surface area (Å²) in [4.78, 5) is 41.7. The maximum absolute atomic E-state index is 13.3. The number of amides is 3. The van der Waals surface area contributed by atoms with E-state index in [1.165, 1.54) is 0 Å². The van der Waals surface area contributed by atoms with Crippen molar-refractivity contribution < 1.29 is 23.9 Å². The Morgan fingerprint density at radius 2 is 2.00 bits per heavy atom. The van der Waals surface area contributed by atoms with Gasteiger partial charge in [0.15, 0.2) is 11.5 Å². The van der Waals surface area contributed by atoms with Gasteiger partial charge in [0.1, 0.15) is 6.04 Å². The number of hydrogen-bond donors (Lipinski definition) is 1. The summed E-state index contributed by atoms with van der Waals surface area (Å²) in [5.74, 6) is 1.10. The summed E-state index contributed by atoms with van der Waals surface area (Å²) >= 11 is 0. The highest BCUT2D eigenvalue weighted by molar-refractivity contribution is 5.91. The highest BCUT2D eigenvalue weighted by Crippen LogP contribution is 2.34. The summed E-state index contributed by atoms with van der Waals surface area (Å²) in [5.41, 5.74) is 0.903. The Morgan fingerprint density at radius 3 is 2.80 bits per heavy atom. The van der Waals surface area contributed by atoms with Gasteiger partial charge in [-0.05, 0) is 50.8 Å².